The third kappa shape index (κ3) is 4.33. The fourth-order valence-corrected chi connectivity index (χ4v) is 1.96. The predicted molar refractivity (Wildman–Crippen MR) is 84.5 cm³/mol. The lowest BCUT2D eigenvalue weighted by molar-refractivity contribution is 0.102. The Bertz CT molecular complexity index is 624. The van der Waals surface area contributed by atoms with Crippen LogP contribution in [0, 0.1) is 0 Å². The molecular weight excluding hydrogens is 264 g/mol. The van der Waals surface area contributed by atoms with E-state index in [9.17, 15) is 4.79 Å². The second-order valence-electron chi connectivity index (χ2n) is 5.05. The van der Waals surface area contributed by atoms with Gasteiger partial charge in [0.2, 0.25) is 0 Å². The van der Waals surface area contributed by atoms with Crippen LogP contribution >= 0.6 is 0 Å². The van der Waals surface area contributed by atoms with Crippen molar-refractivity contribution >= 4 is 11.6 Å². The van der Waals surface area contributed by atoms with E-state index in [-0.39, 0.29) is 12.0 Å². The molecule has 110 valence electrons. The third-order valence-corrected chi connectivity index (χ3v) is 2.89. The van der Waals surface area contributed by atoms with Gasteiger partial charge in [0.15, 0.2) is 0 Å². The highest BCUT2D eigenvalue weighted by atomic mass is 16.5. The topological polar surface area (TPSA) is 64.3 Å². The van der Waals surface area contributed by atoms with E-state index in [1.807, 2.05) is 50.2 Å². The molecule has 0 atom stereocenters. The number of nitrogens with one attached hydrogen (secondary N) is 1. The fourth-order valence-electron chi connectivity index (χ4n) is 1.96. The maximum Gasteiger partial charge on any atom is 0.255 e. The first kappa shape index (κ1) is 15.1. The first-order valence-electron chi connectivity index (χ1n) is 6.95. The molecular formula is C17H20N2O2. The van der Waals surface area contributed by atoms with E-state index < -0.39 is 0 Å². The first-order valence-corrected chi connectivity index (χ1v) is 6.95. The molecule has 0 saturated carbocycles. The van der Waals surface area contributed by atoms with Gasteiger partial charge in [0.05, 0.1) is 6.10 Å². The molecule has 0 heterocycles. The minimum atomic E-state index is -0.168. The van der Waals surface area contributed by atoms with Gasteiger partial charge in [0.1, 0.15) is 5.75 Å². The average Bonchev–Trinajstić information content (AvgIpc) is 2.47. The summed E-state index contributed by atoms with van der Waals surface area (Å²) in [5.74, 6) is 0.520. The maximum atomic E-state index is 12.3. The van der Waals surface area contributed by atoms with Crippen molar-refractivity contribution in [3.8, 4) is 5.75 Å². The number of amides is 1. The standard InChI is InChI=1S/C17H20N2O2/c1-12(2)21-16-8-4-6-14(10-16)17(20)19-15-7-3-5-13(9-15)11-18/h3-10,12H,11,18H2,1-2H3,(H,19,20). The van der Waals surface area contributed by atoms with Gasteiger partial charge in [-0.3, -0.25) is 4.79 Å². The van der Waals surface area contributed by atoms with Gasteiger partial charge in [-0.25, -0.2) is 0 Å². The maximum absolute atomic E-state index is 12.3. The Morgan fingerprint density at radius 2 is 1.95 bits per heavy atom. The predicted octanol–water partition coefficient (Wildman–Crippen LogP) is 3.18. The Labute approximate surface area is 124 Å². The molecule has 0 saturated heterocycles. The van der Waals surface area contributed by atoms with Crippen molar-refractivity contribution in [3.05, 3.63) is 59.7 Å². The molecule has 2 rings (SSSR count). The van der Waals surface area contributed by atoms with E-state index in [4.69, 9.17) is 10.5 Å². The molecule has 0 aliphatic heterocycles. The largest absolute Gasteiger partial charge is 0.491 e. The van der Waals surface area contributed by atoms with Crippen molar-refractivity contribution in [2.45, 2.75) is 26.5 Å². The van der Waals surface area contributed by atoms with Gasteiger partial charge < -0.3 is 15.8 Å². The zero-order valence-electron chi connectivity index (χ0n) is 12.3. The van der Waals surface area contributed by atoms with E-state index >= 15 is 0 Å². The van der Waals surface area contributed by atoms with E-state index in [1.54, 1.807) is 12.1 Å². The van der Waals surface area contributed by atoms with Crippen molar-refractivity contribution < 1.29 is 9.53 Å². The lowest BCUT2D eigenvalue weighted by Gasteiger charge is -2.11. The Balaban J connectivity index is 2.12. The van der Waals surface area contributed by atoms with Gasteiger partial charge in [-0.1, -0.05) is 18.2 Å². The van der Waals surface area contributed by atoms with Crippen molar-refractivity contribution in [1.29, 1.82) is 0 Å². The molecule has 0 bridgehead atoms. The van der Waals surface area contributed by atoms with E-state index in [0.29, 0.717) is 17.9 Å². The molecule has 4 nitrogen and oxygen atoms in total. The molecule has 3 N–H and O–H groups in total. The molecule has 0 fully saturated rings. The van der Waals surface area contributed by atoms with Gasteiger partial charge in [-0.15, -0.1) is 0 Å². The highest BCUT2D eigenvalue weighted by Crippen LogP contribution is 2.17. The normalized spacial score (nSPS) is 10.5. The van der Waals surface area contributed by atoms with Crippen LogP contribution in [-0.4, -0.2) is 12.0 Å². The SMILES string of the molecule is CC(C)Oc1cccc(C(=O)Nc2cccc(CN)c2)c1. The summed E-state index contributed by atoms with van der Waals surface area (Å²) in [6, 6.07) is 14.6. The minimum absolute atomic E-state index is 0.0737. The summed E-state index contributed by atoms with van der Waals surface area (Å²) in [5, 5.41) is 2.86. The van der Waals surface area contributed by atoms with Crippen LogP contribution in [0.25, 0.3) is 0 Å². The number of anilines is 1. The Morgan fingerprint density at radius 3 is 2.67 bits per heavy atom. The van der Waals surface area contributed by atoms with Gasteiger partial charge >= 0.3 is 0 Å². The van der Waals surface area contributed by atoms with Crippen LogP contribution in [0.1, 0.15) is 29.8 Å². The number of carbonyl (C=O) groups is 1. The molecule has 4 heteroatoms. The lowest BCUT2D eigenvalue weighted by atomic mass is 10.1. The zero-order valence-corrected chi connectivity index (χ0v) is 12.3. The first-order chi connectivity index (χ1) is 10.1. The number of nitrogens with two attached hydrogens (primary N) is 1. The van der Waals surface area contributed by atoms with Gasteiger partial charge in [-0.2, -0.15) is 0 Å². The second kappa shape index (κ2) is 6.90. The molecule has 0 aromatic heterocycles. The molecule has 2 aromatic carbocycles. The Kier molecular flexibility index (Phi) is 4.95. The number of rotatable bonds is 5. The highest BCUT2D eigenvalue weighted by Gasteiger charge is 2.08. The Morgan fingerprint density at radius 1 is 1.19 bits per heavy atom. The number of benzene rings is 2. The van der Waals surface area contributed by atoms with E-state index in [0.717, 1.165) is 11.3 Å². The molecule has 21 heavy (non-hydrogen) atoms. The summed E-state index contributed by atoms with van der Waals surface area (Å²) >= 11 is 0. The van der Waals surface area contributed by atoms with Crippen LogP contribution in [0.2, 0.25) is 0 Å². The van der Waals surface area contributed by atoms with Crippen LogP contribution in [-0.2, 0) is 6.54 Å². The summed E-state index contributed by atoms with van der Waals surface area (Å²) < 4.78 is 5.60. The van der Waals surface area contributed by atoms with Crippen LogP contribution in [0.5, 0.6) is 5.75 Å². The molecule has 0 aliphatic carbocycles. The molecule has 0 radical (unpaired) electrons. The second-order valence-corrected chi connectivity index (χ2v) is 5.05. The smallest absolute Gasteiger partial charge is 0.255 e. The van der Waals surface area contributed by atoms with Gasteiger partial charge in [0, 0.05) is 17.8 Å². The molecule has 0 aliphatic rings. The minimum Gasteiger partial charge on any atom is -0.491 e. The lowest BCUT2D eigenvalue weighted by Crippen LogP contribution is -2.13. The van der Waals surface area contributed by atoms with Crippen molar-refractivity contribution in [3.63, 3.8) is 0 Å². The summed E-state index contributed by atoms with van der Waals surface area (Å²) in [4.78, 5) is 12.3. The third-order valence-electron chi connectivity index (χ3n) is 2.89. The highest BCUT2D eigenvalue weighted by molar-refractivity contribution is 6.04. The van der Waals surface area contributed by atoms with Crippen LogP contribution < -0.4 is 15.8 Å². The fraction of sp³-hybridized carbons (Fsp3) is 0.235. The number of carbonyl (C=O) groups excluding carboxylic acids is 1. The zero-order chi connectivity index (χ0) is 15.2. The van der Waals surface area contributed by atoms with Crippen molar-refractivity contribution in [1.82, 2.24) is 0 Å². The summed E-state index contributed by atoms with van der Waals surface area (Å²) in [6.45, 7) is 4.34. The Hall–Kier alpha value is -2.33. The monoisotopic (exact) mass is 284 g/mol. The number of ether oxygens (including phenoxy) is 1. The van der Waals surface area contributed by atoms with E-state index in [1.165, 1.54) is 0 Å². The summed E-state index contributed by atoms with van der Waals surface area (Å²) in [6.07, 6.45) is 0.0737. The number of hydrogen-bond donors (Lipinski definition) is 2. The number of hydrogen-bond acceptors (Lipinski definition) is 3. The van der Waals surface area contributed by atoms with Crippen LogP contribution in [0.4, 0.5) is 5.69 Å². The van der Waals surface area contributed by atoms with Crippen LogP contribution in [0.3, 0.4) is 0 Å². The van der Waals surface area contributed by atoms with Crippen molar-refractivity contribution in [2.24, 2.45) is 5.73 Å². The van der Waals surface area contributed by atoms with Gasteiger partial charge in [-0.05, 0) is 49.7 Å². The average molecular weight is 284 g/mol. The van der Waals surface area contributed by atoms with Crippen LogP contribution in [0.15, 0.2) is 48.5 Å². The molecule has 1 amide bonds. The van der Waals surface area contributed by atoms with Gasteiger partial charge in [0.25, 0.3) is 5.91 Å². The van der Waals surface area contributed by atoms with E-state index in [2.05, 4.69) is 5.32 Å². The summed E-state index contributed by atoms with van der Waals surface area (Å²) in [7, 11) is 0. The molecule has 2 aromatic rings. The molecule has 0 unspecified atom stereocenters. The summed E-state index contributed by atoms with van der Waals surface area (Å²) in [5.41, 5.74) is 7.87. The van der Waals surface area contributed by atoms with Crippen molar-refractivity contribution in [2.75, 3.05) is 5.32 Å². The molecule has 0 spiro atoms. The quantitative estimate of drug-likeness (QED) is 0.886.